The number of aliphatic carboxylic acids is 1. The Labute approximate surface area is 389 Å². The van der Waals surface area contributed by atoms with Crippen molar-refractivity contribution in [3.8, 4) is 0 Å². The molecule has 5 rings (SSSR count). The van der Waals surface area contributed by atoms with Crippen LogP contribution in [-0.2, 0) is 35.3 Å². The molecule has 22 nitrogen and oxygen atoms in total. The number of halogens is 1. The average Bonchev–Trinajstić information content (AvgIpc) is 3.60. The molecule has 3 heterocycles. The number of carbonyl (C=O) groups excluding carboxylic acids is 7. The second-order valence-corrected chi connectivity index (χ2v) is 16.3. The third-order valence-corrected chi connectivity index (χ3v) is 10.7. The highest BCUT2D eigenvalue weighted by atomic mass is 35.5. The van der Waals surface area contributed by atoms with Gasteiger partial charge >= 0.3 is 5.97 Å². The molecule has 3 atom stereocenters. The van der Waals surface area contributed by atoms with Crippen molar-refractivity contribution >= 4 is 93.2 Å². The first-order valence-corrected chi connectivity index (χ1v) is 21.7. The maximum atomic E-state index is 13.1. The summed E-state index contributed by atoms with van der Waals surface area (Å²) in [4.78, 5) is 118. The molecule has 3 unspecified atom stereocenters. The zero-order valence-electron chi connectivity index (χ0n) is 36.9. The van der Waals surface area contributed by atoms with Gasteiger partial charge in [0.05, 0.1) is 29.0 Å². The number of unbranched alkanes of at least 4 members (excludes halogenated alkanes) is 2. The van der Waals surface area contributed by atoms with Crippen molar-refractivity contribution in [1.82, 2.24) is 46.1 Å². The molecular weight excluding hydrogens is 890 g/mol. The maximum absolute atomic E-state index is 13.1. The van der Waals surface area contributed by atoms with Crippen molar-refractivity contribution in [1.29, 1.82) is 0 Å². The molecule has 0 radical (unpaired) electrons. The number of amides is 7. The second-order valence-electron chi connectivity index (χ2n) is 15.9. The van der Waals surface area contributed by atoms with Gasteiger partial charge in [-0.1, -0.05) is 31.9 Å². The lowest BCUT2D eigenvalue weighted by Crippen LogP contribution is -2.53. The zero-order valence-corrected chi connectivity index (χ0v) is 37.7. The highest BCUT2D eigenvalue weighted by molar-refractivity contribution is 6.34. The molecular formula is C44H52ClN13O9. The van der Waals surface area contributed by atoms with Crippen molar-refractivity contribution in [2.45, 2.75) is 84.0 Å². The van der Waals surface area contributed by atoms with Crippen LogP contribution in [0.15, 0.2) is 60.8 Å². The number of carboxylic acids is 1. The van der Waals surface area contributed by atoms with Gasteiger partial charge in [0.1, 0.15) is 18.1 Å². The van der Waals surface area contributed by atoms with Crippen molar-refractivity contribution < 1.29 is 43.5 Å². The summed E-state index contributed by atoms with van der Waals surface area (Å²) in [6.45, 7) is 5.55. The molecule has 1 aliphatic rings. The van der Waals surface area contributed by atoms with E-state index in [0.29, 0.717) is 36.2 Å². The number of rotatable bonds is 23. The fraction of sp³-hybridized carbons (Fsp3) is 0.364. The fourth-order valence-electron chi connectivity index (χ4n) is 6.66. The van der Waals surface area contributed by atoms with E-state index in [0.717, 1.165) is 4.90 Å². The average molecular weight is 942 g/mol. The molecule has 0 bridgehead atoms. The van der Waals surface area contributed by atoms with Crippen molar-refractivity contribution in [3.63, 3.8) is 0 Å². The van der Waals surface area contributed by atoms with Gasteiger partial charge in [0.2, 0.25) is 23.7 Å². The van der Waals surface area contributed by atoms with Crippen LogP contribution in [0.25, 0.3) is 11.2 Å². The van der Waals surface area contributed by atoms with Gasteiger partial charge in [0.15, 0.2) is 17.0 Å². The number of nitrogens with zero attached hydrogens (tertiary/aromatic N) is 5. The molecule has 0 saturated heterocycles. The molecule has 2 aromatic heterocycles. The van der Waals surface area contributed by atoms with E-state index in [1.54, 1.807) is 26.0 Å². The summed E-state index contributed by atoms with van der Waals surface area (Å²) in [5, 5.41) is 26.1. The van der Waals surface area contributed by atoms with E-state index < -0.39 is 47.7 Å². The van der Waals surface area contributed by atoms with Gasteiger partial charge in [-0.05, 0) is 81.0 Å². The van der Waals surface area contributed by atoms with Gasteiger partial charge in [-0.3, -0.25) is 38.5 Å². The highest BCUT2D eigenvalue weighted by Gasteiger charge is 2.28. The summed E-state index contributed by atoms with van der Waals surface area (Å²) >= 11 is 6.40. The number of carbonyl (C=O) groups is 8. The normalized spacial score (nSPS) is 13.5. The second kappa shape index (κ2) is 23.4. The third kappa shape index (κ3) is 14.4. The van der Waals surface area contributed by atoms with Crippen LogP contribution < -0.4 is 43.4 Å². The van der Waals surface area contributed by atoms with Crippen LogP contribution in [0.2, 0.25) is 5.02 Å². The number of benzene rings is 2. The van der Waals surface area contributed by atoms with Gasteiger partial charge in [-0.15, -0.1) is 0 Å². The Bertz CT molecular complexity index is 2540. The number of nitrogen functional groups attached to an aromatic ring is 2. The molecule has 0 saturated carbocycles. The summed E-state index contributed by atoms with van der Waals surface area (Å²) in [7, 11) is 0. The lowest BCUT2D eigenvalue weighted by molar-refractivity contribution is -0.139. The SMILES string of the molecule is CC(NC(=O)C(NC(=O)CCCCCN1C(=O)C=CC1=O)C(C)C)C(=O)Nc1ccc(C(=O)NCCCC(NC(=O)c2ccc(NCc3cnc4nc(N)nc(N)c4n3)cc2)C(=O)O)c(Cl)c1. The van der Waals surface area contributed by atoms with Crippen molar-refractivity contribution in [3.05, 3.63) is 82.7 Å². The minimum Gasteiger partial charge on any atom is -0.480 e. The Morgan fingerprint density at radius 3 is 2.18 bits per heavy atom. The quantitative estimate of drug-likeness (QED) is 0.0381. The number of nitrogens with two attached hydrogens (primary N) is 2. The van der Waals surface area contributed by atoms with E-state index in [-0.39, 0.29) is 102 Å². The van der Waals surface area contributed by atoms with Gasteiger partial charge in [0, 0.05) is 48.6 Å². The van der Waals surface area contributed by atoms with E-state index in [1.165, 1.54) is 55.6 Å². The Morgan fingerprint density at radius 1 is 0.806 bits per heavy atom. The van der Waals surface area contributed by atoms with E-state index in [9.17, 15) is 43.5 Å². The summed E-state index contributed by atoms with van der Waals surface area (Å²) in [5.41, 5.74) is 13.8. The van der Waals surface area contributed by atoms with Crippen LogP contribution in [0.1, 0.15) is 85.7 Å². The van der Waals surface area contributed by atoms with Crippen LogP contribution in [-0.4, -0.2) is 108 Å². The molecule has 354 valence electrons. The van der Waals surface area contributed by atoms with Crippen LogP contribution in [0.3, 0.4) is 0 Å². The lowest BCUT2D eigenvalue weighted by atomic mass is 10.0. The van der Waals surface area contributed by atoms with E-state index in [1.807, 2.05) is 0 Å². The zero-order chi connectivity index (χ0) is 48.8. The fourth-order valence-corrected chi connectivity index (χ4v) is 6.93. The van der Waals surface area contributed by atoms with E-state index >= 15 is 0 Å². The van der Waals surface area contributed by atoms with Crippen LogP contribution in [0.4, 0.5) is 23.1 Å². The van der Waals surface area contributed by atoms with Gasteiger partial charge in [-0.2, -0.15) is 9.97 Å². The standard InChI is InChI=1S/C44H52ClN13O9/c1-23(2)35(55-32(59)9-5-4-6-19-58-33(60)16-17-34(58)61)42(65)51-24(3)39(62)53-27-14-15-29(30(45)20-27)41(64)48-18-7-8-31(43(66)67)54-40(63)25-10-12-26(13-11-25)49-21-28-22-50-38-36(52-28)37(46)56-44(47)57-38/h10-17,20,22-24,31,35,49H,4-9,18-19,21H2,1-3H3,(H,48,64)(H,51,65)(H,53,62)(H,54,63)(H,55,59)(H,66,67)(H4,46,47,50,56,57). The van der Waals surface area contributed by atoms with Crippen molar-refractivity contribution in [2.75, 3.05) is 35.2 Å². The van der Waals surface area contributed by atoms with Crippen LogP contribution in [0.5, 0.6) is 0 Å². The number of fused-ring (bicyclic) bond motifs is 1. The number of imide groups is 1. The maximum Gasteiger partial charge on any atom is 0.326 e. The first-order valence-electron chi connectivity index (χ1n) is 21.3. The molecule has 23 heteroatoms. The smallest absolute Gasteiger partial charge is 0.326 e. The number of carboxylic acid groups (broad SMARTS) is 1. The summed E-state index contributed by atoms with van der Waals surface area (Å²) in [6, 6.07) is 7.36. The summed E-state index contributed by atoms with van der Waals surface area (Å²) < 4.78 is 0. The van der Waals surface area contributed by atoms with Crippen LogP contribution in [0, 0.1) is 5.92 Å². The molecule has 1 aliphatic heterocycles. The van der Waals surface area contributed by atoms with Crippen LogP contribution >= 0.6 is 11.6 Å². The molecule has 4 aromatic rings. The first kappa shape index (κ1) is 50.3. The molecule has 0 aliphatic carbocycles. The number of hydrogen-bond donors (Lipinski definition) is 9. The lowest BCUT2D eigenvalue weighted by Gasteiger charge is -2.24. The van der Waals surface area contributed by atoms with Gasteiger partial charge in [-0.25, -0.2) is 14.8 Å². The monoisotopic (exact) mass is 941 g/mol. The molecule has 2 aromatic carbocycles. The summed E-state index contributed by atoms with van der Waals surface area (Å²) in [6.07, 6.45) is 5.87. The number of nitrogens with one attached hydrogen (secondary N) is 6. The number of anilines is 4. The molecule has 0 spiro atoms. The highest BCUT2D eigenvalue weighted by Crippen LogP contribution is 2.22. The Balaban J connectivity index is 1.01. The summed E-state index contributed by atoms with van der Waals surface area (Å²) in [5.74, 6) is -4.86. The molecule has 7 amide bonds. The predicted octanol–water partition coefficient (Wildman–Crippen LogP) is 2.31. The van der Waals surface area contributed by atoms with Gasteiger partial charge < -0.3 is 48.5 Å². The molecule has 11 N–H and O–H groups in total. The van der Waals surface area contributed by atoms with E-state index in [2.05, 4.69) is 51.8 Å². The topological polar surface area (TPSA) is 336 Å². The first-order chi connectivity index (χ1) is 31.9. The predicted molar refractivity (Wildman–Crippen MR) is 247 cm³/mol. The third-order valence-electron chi connectivity index (χ3n) is 10.4. The largest absolute Gasteiger partial charge is 0.480 e. The Kier molecular flexibility index (Phi) is 17.6. The molecule has 67 heavy (non-hydrogen) atoms. The van der Waals surface area contributed by atoms with E-state index in [4.69, 9.17) is 23.1 Å². The van der Waals surface area contributed by atoms with Crippen molar-refractivity contribution in [2.24, 2.45) is 5.92 Å². The Hall–Kier alpha value is -7.75. The minimum atomic E-state index is -1.25. The minimum absolute atomic E-state index is 0.000747. The van der Waals surface area contributed by atoms with Gasteiger partial charge in [0.25, 0.3) is 23.6 Å². The number of hydrogen-bond acceptors (Lipinski definition) is 15. The molecule has 0 fully saturated rings. The Morgan fingerprint density at radius 2 is 1.51 bits per heavy atom. The number of aromatic nitrogens is 4.